The van der Waals surface area contributed by atoms with E-state index in [0.717, 1.165) is 32.1 Å². The largest absolute Gasteiger partial charge is 0.286 e. The fraction of sp³-hybridized carbons (Fsp3) is 0.867. The average Bonchev–Trinajstić information content (AvgIpc) is 2.37. The normalized spacial score (nSPS) is 10.4. The molecule has 3 heteroatoms. The van der Waals surface area contributed by atoms with E-state index in [-0.39, 0.29) is 11.8 Å². The van der Waals surface area contributed by atoms with Crippen LogP contribution in [-0.4, -0.2) is 23.8 Å². The van der Waals surface area contributed by atoms with Gasteiger partial charge in [-0.1, -0.05) is 52.4 Å². The summed E-state index contributed by atoms with van der Waals surface area (Å²) in [7, 11) is 1.61. The van der Waals surface area contributed by atoms with Crippen molar-refractivity contribution in [3.8, 4) is 0 Å². The number of rotatable bonds is 10. The van der Waals surface area contributed by atoms with Crippen molar-refractivity contribution >= 4 is 11.8 Å². The van der Waals surface area contributed by atoms with Crippen LogP contribution < -0.4 is 0 Å². The second kappa shape index (κ2) is 11.2. The predicted octanol–water partition coefficient (Wildman–Crippen LogP) is 3.91. The highest BCUT2D eigenvalue weighted by Crippen LogP contribution is 2.08. The Balaban J connectivity index is 3.70. The van der Waals surface area contributed by atoms with Crippen LogP contribution in [0.15, 0.2) is 0 Å². The third-order valence-corrected chi connectivity index (χ3v) is 3.24. The van der Waals surface area contributed by atoms with Gasteiger partial charge in [0.05, 0.1) is 0 Å². The highest BCUT2D eigenvalue weighted by Gasteiger charge is 2.15. The first kappa shape index (κ1) is 17.1. The smallest absolute Gasteiger partial charge is 0.228 e. The minimum atomic E-state index is -0.0259. The maximum Gasteiger partial charge on any atom is 0.228 e. The number of hydrogen-bond acceptors (Lipinski definition) is 2. The van der Waals surface area contributed by atoms with Gasteiger partial charge in [-0.15, -0.1) is 0 Å². The molecule has 106 valence electrons. The van der Waals surface area contributed by atoms with E-state index in [1.54, 1.807) is 7.05 Å². The Morgan fingerprint density at radius 1 is 0.722 bits per heavy atom. The quantitative estimate of drug-likeness (QED) is 0.555. The van der Waals surface area contributed by atoms with E-state index >= 15 is 0 Å². The highest BCUT2D eigenvalue weighted by molar-refractivity contribution is 5.94. The summed E-state index contributed by atoms with van der Waals surface area (Å²) >= 11 is 0. The molecule has 0 aromatic heterocycles. The molecule has 0 saturated carbocycles. The van der Waals surface area contributed by atoms with Crippen molar-refractivity contribution in [1.29, 1.82) is 0 Å². The van der Waals surface area contributed by atoms with Gasteiger partial charge in [0.1, 0.15) is 0 Å². The number of hydrogen-bond donors (Lipinski definition) is 0. The van der Waals surface area contributed by atoms with Gasteiger partial charge >= 0.3 is 0 Å². The first-order chi connectivity index (χ1) is 8.63. The fourth-order valence-electron chi connectivity index (χ4n) is 1.88. The lowest BCUT2D eigenvalue weighted by molar-refractivity contribution is -0.143. The van der Waals surface area contributed by atoms with Crippen molar-refractivity contribution in [3.05, 3.63) is 0 Å². The van der Waals surface area contributed by atoms with Gasteiger partial charge in [-0.05, 0) is 12.8 Å². The number of imide groups is 1. The van der Waals surface area contributed by atoms with E-state index in [1.807, 2.05) is 0 Å². The second-order valence-corrected chi connectivity index (χ2v) is 4.97. The molecule has 0 aliphatic rings. The van der Waals surface area contributed by atoms with Gasteiger partial charge in [0.2, 0.25) is 11.8 Å². The molecule has 0 aliphatic heterocycles. The molecule has 2 amide bonds. The van der Waals surface area contributed by atoms with Crippen LogP contribution in [0.3, 0.4) is 0 Å². The maximum absolute atomic E-state index is 11.8. The number of nitrogens with zero attached hydrogens (tertiary/aromatic N) is 1. The summed E-state index contributed by atoms with van der Waals surface area (Å²) in [5.74, 6) is -0.0463. The van der Waals surface area contributed by atoms with Crippen LogP contribution in [0.5, 0.6) is 0 Å². The summed E-state index contributed by atoms with van der Waals surface area (Å²) in [6.07, 6.45) is 9.72. The Labute approximate surface area is 112 Å². The molecule has 0 saturated heterocycles. The molecule has 0 atom stereocenters. The van der Waals surface area contributed by atoms with Crippen LogP contribution in [0.1, 0.15) is 78.1 Å². The maximum atomic E-state index is 11.8. The van der Waals surface area contributed by atoms with Gasteiger partial charge in [-0.2, -0.15) is 0 Å². The Morgan fingerprint density at radius 3 is 1.61 bits per heavy atom. The van der Waals surface area contributed by atoms with E-state index in [4.69, 9.17) is 0 Å². The molecule has 0 spiro atoms. The molecule has 0 heterocycles. The Morgan fingerprint density at radius 2 is 1.11 bits per heavy atom. The molecule has 0 N–H and O–H groups in total. The molecule has 0 aromatic carbocycles. The van der Waals surface area contributed by atoms with E-state index in [1.165, 1.54) is 24.2 Å². The summed E-state index contributed by atoms with van der Waals surface area (Å²) < 4.78 is 0. The minimum Gasteiger partial charge on any atom is -0.286 e. The van der Waals surface area contributed by atoms with Crippen LogP contribution in [0.25, 0.3) is 0 Å². The molecule has 0 rings (SSSR count). The van der Waals surface area contributed by atoms with Crippen LogP contribution in [-0.2, 0) is 9.59 Å². The topological polar surface area (TPSA) is 37.4 Å². The van der Waals surface area contributed by atoms with Gasteiger partial charge < -0.3 is 0 Å². The lowest BCUT2D eigenvalue weighted by Crippen LogP contribution is -2.32. The van der Waals surface area contributed by atoms with Crippen LogP contribution >= 0.6 is 0 Å². The highest BCUT2D eigenvalue weighted by atomic mass is 16.2. The Bertz CT molecular complexity index is 239. The van der Waals surface area contributed by atoms with Crippen molar-refractivity contribution in [1.82, 2.24) is 4.90 Å². The third kappa shape index (κ3) is 8.26. The minimum absolute atomic E-state index is 0.0204. The van der Waals surface area contributed by atoms with Gasteiger partial charge in [0.25, 0.3) is 0 Å². The van der Waals surface area contributed by atoms with Gasteiger partial charge in [0.15, 0.2) is 0 Å². The van der Waals surface area contributed by atoms with Gasteiger partial charge in [-0.25, -0.2) is 0 Å². The lowest BCUT2D eigenvalue weighted by atomic mass is 10.1. The zero-order chi connectivity index (χ0) is 13.8. The molecule has 0 unspecified atom stereocenters. The Kier molecular flexibility index (Phi) is 10.7. The molecule has 0 bridgehead atoms. The molecule has 0 radical (unpaired) electrons. The van der Waals surface area contributed by atoms with Gasteiger partial charge in [0, 0.05) is 19.9 Å². The summed E-state index contributed by atoms with van der Waals surface area (Å²) in [5, 5.41) is 0. The summed E-state index contributed by atoms with van der Waals surface area (Å²) in [5.41, 5.74) is 0. The summed E-state index contributed by atoms with van der Waals surface area (Å²) in [4.78, 5) is 24.8. The molecular formula is C15H29NO2. The first-order valence-electron chi connectivity index (χ1n) is 7.42. The summed E-state index contributed by atoms with van der Waals surface area (Å²) in [6, 6.07) is 0. The number of carbonyl (C=O) groups excluding carboxylic acids is 2. The molecule has 18 heavy (non-hydrogen) atoms. The predicted molar refractivity (Wildman–Crippen MR) is 75.3 cm³/mol. The average molecular weight is 255 g/mol. The van der Waals surface area contributed by atoms with Crippen LogP contribution in [0.4, 0.5) is 0 Å². The van der Waals surface area contributed by atoms with E-state index in [9.17, 15) is 9.59 Å². The van der Waals surface area contributed by atoms with Crippen LogP contribution in [0.2, 0.25) is 0 Å². The first-order valence-corrected chi connectivity index (χ1v) is 7.42. The van der Waals surface area contributed by atoms with Crippen molar-refractivity contribution in [2.45, 2.75) is 78.1 Å². The van der Waals surface area contributed by atoms with E-state index < -0.39 is 0 Å². The van der Waals surface area contributed by atoms with E-state index in [2.05, 4.69) is 13.8 Å². The zero-order valence-corrected chi connectivity index (χ0v) is 12.3. The third-order valence-electron chi connectivity index (χ3n) is 3.24. The molecular weight excluding hydrogens is 226 g/mol. The standard InChI is InChI=1S/C15H29NO2/c1-4-6-8-9-11-13-15(18)16(3)14(17)12-10-7-5-2/h4-13H2,1-3H3. The summed E-state index contributed by atoms with van der Waals surface area (Å²) in [6.45, 7) is 4.28. The molecule has 0 aromatic rings. The van der Waals surface area contributed by atoms with Gasteiger partial charge in [-0.3, -0.25) is 14.5 Å². The molecule has 0 aliphatic carbocycles. The van der Waals surface area contributed by atoms with Crippen molar-refractivity contribution < 1.29 is 9.59 Å². The van der Waals surface area contributed by atoms with Crippen LogP contribution in [0, 0.1) is 0 Å². The van der Waals surface area contributed by atoms with E-state index in [0.29, 0.717) is 12.8 Å². The number of unbranched alkanes of at least 4 members (excludes halogenated alkanes) is 6. The lowest BCUT2D eigenvalue weighted by Gasteiger charge is -2.15. The SMILES string of the molecule is CCCCCCCC(=O)N(C)C(=O)CCCCC. The Hall–Kier alpha value is -0.860. The monoisotopic (exact) mass is 255 g/mol. The number of amides is 2. The fourth-order valence-corrected chi connectivity index (χ4v) is 1.88. The van der Waals surface area contributed by atoms with Crippen molar-refractivity contribution in [3.63, 3.8) is 0 Å². The van der Waals surface area contributed by atoms with Crippen molar-refractivity contribution in [2.75, 3.05) is 7.05 Å². The van der Waals surface area contributed by atoms with Crippen molar-refractivity contribution in [2.24, 2.45) is 0 Å². The molecule has 3 nitrogen and oxygen atoms in total. The second-order valence-electron chi connectivity index (χ2n) is 4.97. The zero-order valence-electron chi connectivity index (χ0n) is 12.3. The number of carbonyl (C=O) groups is 2. The molecule has 0 fully saturated rings.